The molecule has 26 heavy (non-hydrogen) atoms. The van der Waals surface area contributed by atoms with Crippen LogP contribution in [0.3, 0.4) is 0 Å². The van der Waals surface area contributed by atoms with Crippen LogP contribution < -0.4 is 5.48 Å². The second-order valence-corrected chi connectivity index (χ2v) is 9.48. The second-order valence-electron chi connectivity index (χ2n) is 6.45. The Kier molecular flexibility index (Phi) is 6.37. The molecule has 2 atom stereocenters. The average Bonchev–Trinajstić information content (AvgIpc) is 3.05. The summed E-state index contributed by atoms with van der Waals surface area (Å²) in [5.74, 6) is 0.991. The van der Waals surface area contributed by atoms with Crippen LogP contribution in [0.4, 0.5) is 0 Å². The van der Waals surface area contributed by atoms with Crippen molar-refractivity contribution in [2.45, 2.75) is 22.8 Å². The lowest BCUT2D eigenvalue weighted by atomic mass is 10.1. The largest absolute Gasteiger partial charge is 0.305 e. The first-order valence-electron chi connectivity index (χ1n) is 8.54. The van der Waals surface area contributed by atoms with Crippen LogP contribution >= 0.6 is 11.8 Å². The molecule has 1 fully saturated rings. The van der Waals surface area contributed by atoms with Gasteiger partial charge in [0.25, 0.3) is 0 Å². The SMILES string of the molecule is CON[C@H]1CN(S(=O)(=O)c2ccc(C)cc2)C[C@H]1CSc1ccccc1. The Hall–Kier alpha value is -1.38. The number of aryl methyl sites for hydroxylation is 1. The lowest BCUT2D eigenvalue weighted by Crippen LogP contribution is -2.37. The van der Waals surface area contributed by atoms with E-state index in [9.17, 15) is 8.42 Å². The molecule has 5 nitrogen and oxygen atoms in total. The van der Waals surface area contributed by atoms with Gasteiger partial charge in [-0.1, -0.05) is 35.9 Å². The summed E-state index contributed by atoms with van der Waals surface area (Å²) in [7, 11) is -1.93. The number of hydroxylamine groups is 1. The van der Waals surface area contributed by atoms with E-state index in [2.05, 4.69) is 17.6 Å². The first kappa shape index (κ1) is 19.4. The first-order valence-corrected chi connectivity index (χ1v) is 11.0. The Bertz CT molecular complexity index is 810. The van der Waals surface area contributed by atoms with E-state index in [0.29, 0.717) is 18.0 Å². The number of hydrogen-bond donors (Lipinski definition) is 1. The fourth-order valence-corrected chi connectivity index (χ4v) is 5.68. The number of nitrogens with zero attached hydrogens (tertiary/aromatic N) is 1. The van der Waals surface area contributed by atoms with E-state index in [1.807, 2.05) is 37.3 Å². The molecule has 7 heteroatoms. The van der Waals surface area contributed by atoms with Gasteiger partial charge < -0.3 is 4.84 Å². The molecule has 1 heterocycles. The highest BCUT2D eigenvalue weighted by atomic mass is 32.2. The minimum Gasteiger partial charge on any atom is -0.305 e. The quantitative estimate of drug-likeness (QED) is 0.580. The number of benzene rings is 2. The highest BCUT2D eigenvalue weighted by Gasteiger charge is 2.39. The molecule has 1 saturated heterocycles. The van der Waals surface area contributed by atoms with Crippen molar-refractivity contribution in [3.8, 4) is 0 Å². The van der Waals surface area contributed by atoms with Gasteiger partial charge in [0.1, 0.15) is 0 Å². The van der Waals surface area contributed by atoms with Crippen LogP contribution in [0.15, 0.2) is 64.4 Å². The summed E-state index contributed by atoms with van der Waals surface area (Å²) in [5.41, 5.74) is 4.02. The third-order valence-corrected chi connectivity index (χ3v) is 7.59. The predicted molar refractivity (Wildman–Crippen MR) is 105 cm³/mol. The summed E-state index contributed by atoms with van der Waals surface area (Å²) in [4.78, 5) is 6.64. The van der Waals surface area contributed by atoms with Crippen LogP contribution in [-0.4, -0.2) is 44.7 Å². The maximum atomic E-state index is 13.0. The van der Waals surface area contributed by atoms with Crippen LogP contribution in [0.5, 0.6) is 0 Å². The Morgan fingerprint density at radius 3 is 2.46 bits per heavy atom. The normalized spacial score (nSPS) is 21.2. The number of hydrogen-bond acceptors (Lipinski definition) is 5. The Balaban J connectivity index is 1.72. The van der Waals surface area contributed by atoms with Gasteiger partial charge in [0, 0.05) is 29.7 Å². The smallest absolute Gasteiger partial charge is 0.243 e. The molecule has 2 aromatic carbocycles. The number of thioether (sulfide) groups is 1. The third kappa shape index (κ3) is 4.47. The highest BCUT2D eigenvalue weighted by Crippen LogP contribution is 2.29. The van der Waals surface area contributed by atoms with Gasteiger partial charge in [-0.3, -0.25) is 0 Å². The van der Waals surface area contributed by atoms with Gasteiger partial charge in [0.05, 0.1) is 18.0 Å². The molecule has 0 unspecified atom stereocenters. The van der Waals surface area contributed by atoms with E-state index in [1.54, 1.807) is 35.3 Å². The standard InChI is InChI=1S/C19H24N2O3S2/c1-15-8-10-18(11-9-15)26(22,23)21-12-16(19(13-21)20-24-2)14-25-17-6-4-3-5-7-17/h3-11,16,19-20H,12-14H2,1-2H3/t16-,19-/m0/s1. The first-order chi connectivity index (χ1) is 12.5. The molecule has 1 N–H and O–H groups in total. The van der Waals surface area contributed by atoms with Crippen molar-refractivity contribution in [3.63, 3.8) is 0 Å². The van der Waals surface area contributed by atoms with E-state index in [-0.39, 0.29) is 12.0 Å². The van der Waals surface area contributed by atoms with Crippen molar-refractivity contribution < 1.29 is 13.3 Å². The molecule has 0 bridgehead atoms. The third-order valence-electron chi connectivity index (χ3n) is 4.54. The van der Waals surface area contributed by atoms with Crippen LogP contribution in [-0.2, 0) is 14.9 Å². The second kappa shape index (κ2) is 8.54. The molecule has 0 aromatic heterocycles. The Morgan fingerprint density at radius 1 is 1.12 bits per heavy atom. The van der Waals surface area contributed by atoms with Crippen molar-refractivity contribution in [3.05, 3.63) is 60.2 Å². The predicted octanol–water partition coefficient (Wildman–Crippen LogP) is 2.93. The molecule has 3 rings (SSSR count). The molecule has 2 aromatic rings. The summed E-state index contributed by atoms with van der Waals surface area (Å²) in [6.45, 7) is 2.84. The summed E-state index contributed by atoms with van der Waals surface area (Å²) in [5, 5.41) is 0. The van der Waals surface area contributed by atoms with Crippen molar-refractivity contribution in [2.75, 3.05) is 26.0 Å². The fourth-order valence-electron chi connectivity index (χ4n) is 3.06. The minimum atomic E-state index is -3.49. The fraction of sp³-hybridized carbons (Fsp3) is 0.368. The van der Waals surface area contributed by atoms with Gasteiger partial charge in [0.2, 0.25) is 10.0 Å². The number of sulfonamides is 1. The van der Waals surface area contributed by atoms with Gasteiger partial charge in [-0.05, 0) is 31.2 Å². The minimum absolute atomic E-state index is 0.0311. The van der Waals surface area contributed by atoms with Crippen molar-refractivity contribution in [2.24, 2.45) is 5.92 Å². The van der Waals surface area contributed by atoms with E-state index >= 15 is 0 Å². The molecule has 0 saturated carbocycles. The zero-order valence-corrected chi connectivity index (χ0v) is 16.6. The van der Waals surface area contributed by atoms with Crippen molar-refractivity contribution in [1.82, 2.24) is 9.79 Å². The van der Waals surface area contributed by atoms with E-state index in [4.69, 9.17) is 4.84 Å². The van der Waals surface area contributed by atoms with E-state index in [0.717, 1.165) is 11.3 Å². The Labute approximate surface area is 159 Å². The molecule has 1 aliphatic heterocycles. The van der Waals surface area contributed by atoms with Crippen LogP contribution in [0.2, 0.25) is 0 Å². The molecular formula is C19H24N2O3S2. The molecule has 0 radical (unpaired) electrons. The topological polar surface area (TPSA) is 58.6 Å². The van der Waals surface area contributed by atoms with E-state index < -0.39 is 10.0 Å². The van der Waals surface area contributed by atoms with Crippen molar-refractivity contribution >= 4 is 21.8 Å². The summed E-state index contributed by atoms with van der Waals surface area (Å²) in [6.07, 6.45) is 0. The van der Waals surface area contributed by atoms with Gasteiger partial charge in [-0.15, -0.1) is 11.8 Å². The van der Waals surface area contributed by atoms with Crippen LogP contribution in [0.1, 0.15) is 5.56 Å². The average molecular weight is 393 g/mol. The van der Waals surface area contributed by atoms with Gasteiger partial charge in [-0.25, -0.2) is 8.42 Å². The molecule has 140 valence electrons. The maximum Gasteiger partial charge on any atom is 0.243 e. The molecular weight excluding hydrogens is 368 g/mol. The lowest BCUT2D eigenvalue weighted by molar-refractivity contribution is 0.0555. The summed E-state index contributed by atoms with van der Waals surface area (Å²) < 4.78 is 27.5. The zero-order valence-electron chi connectivity index (χ0n) is 15.0. The zero-order chi connectivity index (χ0) is 18.6. The maximum absolute atomic E-state index is 13.0. The number of rotatable bonds is 7. The van der Waals surface area contributed by atoms with Gasteiger partial charge in [-0.2, -0.15) is 9.79 Å². The van der Waals surface area contributed by atoms with Crippen LogP contribution in [0, 0.1) is 12.8 Å². The summed E-state index contributed by atoms with van der Waals surface area (Å²) in [6, 6.07) is 17.1. The summed E-state index contributed by atoms with van der Waals surface area (Å²) >= 11 is 1.74. The Morgan fingerprint density at radius 2 is 1.81 bits per heavy atom. The molecule has 1 aliphatic rings. The monoisotopic (exact) mass is 392 g/mol. The highest BCUT2D eigenvalue weighted by molar-refractivity contribution is 7.99. The lowest BCUT2D eigenvalue weighted by Gasteiger charge is -2.17. The van der Waals surface area contributed by atoms with Gasteiger partial charge in [0.15, 0.2) is 0 Å². The van der Waals surface area contributed by atoms with Crippen LogP contribution in [0.25, 0.3) is 0 Å². The van der Waals surface area contributed by atoms with E-state index in [1.165, 1.54) is 4.90 Å². The molecule has 0 aliphatic carbocycles. The van der Waals surface area contributed by atoms with Crippen molar-refractivity contribution in [1.29, 1.82) is 0 Å². The molecule has 0 amide bonds. The molecule has 0 spiro atoms. The number of nitrogens with one attached hydrogen (secondary N) is 1. The van der Waals surface area contributed by atoms with Gasteiger partial charge >= 0.3 is 0 Å².